The molecule has 3 amide bonds. The van der Waals surface area contributed by atoms with Crippen LogP contribution >= 0.6 is 0 Å². The van der Waals surface area contributed by atoms with Gasteiger partial charge < -0.3 is 25.4 Å². The van der Waals surface area contributed by atoms with Gasteiger partial charge in [-0.3, -0.25) is 9.59 Å². The van der Waals surface area contributed by atoms with Crippen molar-refractivity contribution in [2.45, 2.75) is 57.7 Å². The average Bonchev–Trinajstić information content (AvgIpc) is 2.69. The summed E-state index contributed by atoms with van der Waals surface area (Å²) < 4.78 is 5.49. The Bertz CT molecular complexity index is 702. The lowest BCUT2D eigenvalue weighted by Gasteiger charge is -2.37. The number of rotatable bonds is 6. The predicted octanol–water partition coefficient (Wildman–Crippen LogP) is 1.74. The maximum atomic E-state index is 12.8. The number of hydrogen-bond donors (Lipinski definition) is 3. The van der Waals surface area contributed by atoms with Crippen molar-refractivity contribution in [3.05, 3.63) is 35.9 Å². The summed E-state index contributed by atoms with van der Waals surface area (Å²) in [6.45, 7) is 5.60. The summed E-state index contributed by atoms with van der Waals surface area (Å²) in [6.07, 6.45) is 2.23. The molecule has 8 heteroatoms. The molecule has 0 aromatic heterocycles. The number of aliphatic hydroxyl groups is 1. The zero-order valence-corrected chi connectivity index (χ0v) is 17.3. The van der Waals surface area contributed by atoms with Crippen LogP contribution in [-0.4, -0.2) is 59.3 Å². The Hall–Kier alpha value is -2.61. The van der Waals surface area contributed by atoms with E-state index in [4.69, 9.17) is 9.84 Å². The van der Waals surface area contributed by atoms with Gasteiger partial charge >= 0.3 is 6.09 Å². The van der Waals surface area contributed by atoms with Gasteiger partial charge in [0.25, 0.3) is 0 Å². The van der Waals surface area contributed by atoms with Gasteiger partial charge in [-0.2, -0.15) is 0 Å². The molecule has 1 aliphatic heterocycles. The van der Waals surface area contributed by atoms with Crippen LogP contribution in [0.3, 0.4) is 0 Å². The monoisotopic (exact) mass is 405 g/mol. The SMILES string of the molecule is CC(C)(C)OC(=O)N1CCCC[C@@H]1CNC(=O)C(NC(=O)CO)c1ccccc1. The molecule has 8 nitrogen and oxygen atoms in total. The molecule has 29 heavy (non-hydrogen) atoms. The minimum absolute atomic E-state index is 0.174. The van der Waals surface area contributed by atoms with Gasteiger partial charge in [-0.1, -0.05) is 30.3 Å². The highest BCUT2D eigenvalue weighted by Crippen LogP contribution is 2.20. The van der Waals surface area contributed by atoms with Crippen LogP contribution in [0.25, 0.3) is 0 Å². The predicted molar refractivity (Wildman–Crippen MR) is 108 cm³/mol. The summed E-state index contributed by atoms with van der Waals surface area (Å²) >= 11 is 0. The summed E-state index contributed by atoms with van der Waals surface area (Å²) in [6, 6.07) is 7.72. The Balaban J connectivity index is 2.04. The molecule has 160 valence electrons. The first-order valence-corrected chi connectivity index (χ1v) is 9.94. The molecular weight excluding hydrogens is 374 g/mol. The molecule has 1 heterocycles. The second-order valence-electron chi connectivity index (χ2n) is 8.14. The molecule has 2 atom stereocenters. The Morgan fingerprint density at radius 2 is 1.90 bits per heavy atom. The van der Waals surface area contributed by atoms with E-state index in [1.165, 1.54) is 0 Å². The number of carbonyl (C=O) groups excluding carboxylic acids is 3. The maximum absolute atomic E-state index is 12.8. The third-order valence-corrected chi connectivity index (χ3v) is 4.61. The van der Waals surface area contributed by atoms with Crippen LogP contribution in [0.2, 0.25) is 0 Å². The highest BCUT2D eigenvalue weighted by molar-refractivity contribution is 5.89. The fraction of sp³-hybridized carbons (Fsp3) is 0.571. The molecule has 1 aromatic rings. The highest BCUT2D eigenvalue weighted by Gasteiger charge is 2.31. The van der Waals surface area contributed by atoms with Crippen molar-refractivity contribution in [2.75, 3.05) is 19.7 Å². The van der Waals surface area contributed by atoms with Gasteiger partial charge in [-0.25, -0.2) is 4.79 Å². The van der Waals surface area contributed by atoms with Crippen molar-refractivity contribution in [3.63, 3.8) is 0 Å². The lowest BCUT2D eigenvalue weighted by Crippen LogP contribution is -2.52. The molecule has 0 spiro atoms. The third kappa shape index (κ3) is 7.05. The first kappa shape index (κ1) is 22.7. The zero-order chi connectivity index (χ0) is 21.4. The number of ether oxygens (including phenoxy) is 1. The second-order valence-corrected chi connectivity index (χ2v) is 8.14. The number of carbonyl (C=O) groups is 3. The third-order valence-electron chi connectivity index (χ3n) is 4.61. The average molecular weight is 405 g/mol. The van der Waals surface area contributed by atoms with Crippen LogP contribution in [0.15, 0.2) is 30.3 Å². The van der Waals surface area contributed by atoms with E-state index in [0.717, 1.165) is 19.3 Å². The smallest absolute Gasteiger partial charge is 0.410 e. The zero-order valence-electron chi connectivity index (χ0n) is 17.3. The number of benzene rings is 1. The van der Waals surface area contributed by atoms with Crippen molar-refractivity contribution in [1.29, 1.82) is 0 Å². The Morgan fingerprint density at radius 3 is 2.52 bits per heavy atom. The molecular formula is C21H31N3O5. The lowest BCUT2D eigenvalue weighted by atomic mass is 10.0. The molecule has 0 aliphatic carbocycles. The Labute approximate surface area is 171 Å². The van der Waals surface area contributed by atoms with E-state index in [2.05, 4.69) is 10.6 Å². The van der Waals surface area contributed by atoms with Crippen LogP contribution in [0.4, 0.5) is 4.79 Å². The molecule has 1 unspecified atom stereocenters. The van der Waals surface area contributed by atoms with E-state index in [-0.39, 0.29) is 18.7 Å². The van der Waals surface area contributed by atoms with Crippen LogP contribution < -0.4 is 10.6 Å². The van der Waals surface area contributed by atoms with Crippen LogP contribution in [-0.2, 0) is 14.3 Å². The van der Waals surface area contributed by atoms with Crippen LogP contribution in [0.5, 0.6) is 0 Å². The van der Waals surface area contributed by atoms with Gasteiger partial charge in [-0.05, 0) is 45.6 Å². The number of piperidine rings is 1. The number of amides is 3. The molecule has 1 aromatic carbocycles. The molecule has 2 rings (SSSR count). The molecule has 1 aliphatic rings. The van der Waals surface area contributed by atoms with Crippen molar-refractivity contribution in [3.8, 4) is 0 Å². The van der Waals surface area contributed by atoms with Gasteiger partial charge in [0.05, 0.1) is 6.04 Å². The summed E-state index contributed by atoms with van der Waals surface area (Å²) in [5, 5.41) is 14.4. The molecule has 3 N–H and O–H groups in total. The normalized spacial score (nSPS) is 17.9. The van der Waals surface area contributed by atoms with Gasteiger partial charge in [0.2, 0.25) is 11.8 Å². The van der Waals surface area contributed by atoms with E-state index in [1.807, 2.05) is 26.8 Å². The topological polar surface area (TPSA) is 108 Å². The van der Waals surface area contributed by atoms with Crippen molar-refractivity contribution in [2.24, 2.45) is 0 Å². The molecule has 1 fully saturated rings. The van der Waals surface area contributed by atoms with Crippen molar-refractivity contribution >= 4 is 17.9 Å². The summed E-state index contributed by atoms with van der Waals surface area (Å²) in [4.78, 5) is 38.7. The molecule has 0 saturated carbocycles. The van der Waals surface area contributed by atoms with Gasteiger partial charge in [0.15, 0.2) is 0 Å². The van der Waals surface area contributed by atoms with Gasteiger partial charge in [-0.15, -0.1) is 0 Å². The van der Waals surface area contributed by atoms with Crippen LogP contribution in [0, 0.1) is 0 Å². The van der Waals surface area contributed by atoms with Crippen LogP contribution in [0.1, 0.15) is 51.6 Å². The first-order chi connectivity index (χ1) is 13.7. The number of hydrogen-bond acceptors (Lipinski definition) is 5. The number of nitrogens with one attached hydrogen (secondary N) is 2. The number of likely N-dealkylation sites (tertiary alicyclic amines) is 1. The Kier molecular flexibility index (Phi) is 8.01. The molecule has 1 saturated heterocycles. The number of nitrogens with zero attached hydrogens (tertiary/aromatic N) is 1. The minimum atomic E-state index is -0.922. The van der Waals surface area contributed by atoms with E-state index >= 15 is 0 Å². The van der Waals surface area contributed by atoms with Gasteiger partial charge in [0.1, 0.15) is 18.2 Å². The second kappa shape index (κ2) is 10.2. The standard InChI is InChI=1S/C21H31N3O5/c1-21(2,3)29-20(28)24-12-8-7-11-16(24)13-22-19(27)18(23-17(26)14-25)15-9-5-4-6-10-15/h4-6,9-10,16,18,25H,7-8,11-14H2,1-3H3,(H,22,27)(H,23,26)/t16-,18?/m1/s1. The fourth-order valence-corrected chi connectivity index (χ4v) is 3.25. The quantitative estimate of drug-likeness (QED) is 0.668. The summed E-state index contributed by atoms with van der Waals surface area (Å²) in [7, 11) is 0. The van der Waals surface area contributed by atoms with E-state index in [9.17, 15) is 14.4 Å². The molecule has 0 radical (unpaired) electrons. The fourth-order valence-electron chi connectivity index (χ4n) is 3.25. The summed E-state index contributed by atoms with van der Waals surface area (Å²) in [5.41, 5.74) is 0.0226. The minimum Gasteiger partial charge on any atom is -0.444 e. The lowest BCUT2D eigenvalue weighted by molar-refractivity contribution is -0.130. The van der Waals surface area contributed by atoms with Gasteiger partial charge in [0, 0.05) is 13.1 Å². The summed E-state index contributed by atoms with van der Waals surface area (Å²) in [5.74, 6) is -1.03. The van der Waals surface area contributed by atoms with E-state index < -0.39 is 30.1 Å². The van der Waals surface area contributed by atoms with Crippen molar-refractivity contribution in [1.82, 2.24) is 15.5 Å². The highest BCUT2D eigenvalue weighted by atomic mass is 16.6. The Morgan fingerprint density at radius 1 is 1.21 bits per heavy atom. The largest absolute Gasteiger partial charge is 0.444 e. The first-order valence-electron chi connectivity index (χ1n) is 9.94. The van der Waals surface area contributed by atoms with Crippen molar-refractivity contribution < 1.29 is 24.2 Å². The van der Waals surface area contributed by atoms with E-state index in [0.29, 0.717) is 12.1 Å². The maximum Gasteiger partial charge on any atom is 0.410 e. The molecule has 0 bridgehead atoms. The number of aliphatic hydroxyl groups excluding tert-OH is 1. The van der Waals surface area contributed by atoms with E-state index in [1.54, 1.807) is 29.2 Å².